The number of benzene rings is 2. The van der Waals surface area contributed by atoms with Crippen LogP contribution in [0.5, 0.6) is 0 Å². The Balaban J connectivity index is 1.74. The van der Waals surface area contributed by atoms with Crippen LogP contribution in [0.25, 0.3) is 11.1 Å². The lowest BCUT2D eigenvalue weighted by Gasteiger charge is -2.20. The summed E-state index contributed by atoms with van der Waals surface area (Å²) in [6.45, 7) is 0. The summed E-state index contributed by atoms with van der Waals surface area (Å²) in [6.07, 6.45) is -1.51. The van der Waals surface area contributed by atoms with Crippen LogP contribution in [0.4, 0.5) is 0 Å². The molecule has 30 heavy (non-hydrogen) atoms. The fourth-order valence-electron chi connectivity index (χ4n) is 2.97. The molecular weight excluding hydrogens is 431 g/mol. The standard InChI is InChI=1S/C21H18Cl2N2O5/c22-15-3-1-2-14(9-15)13-6-4-12(5-7-13)8-16(10-17(26)21(28)29)24-20(27)18-11-19(23)25-30-18/h1-7,9,11,16-17,26H,8,10H2,(H,24,27)(H,28,29)/t16?,17-/m1/s1. The third-order valence-electron chi connectivity index (χ3n) is 4.43. The first-order valence-electron chi connectivity index (χ1n) is 9.00. The van der Waals surface area contributed by atoms with E-state index >= 15 is 0 Å². The molecule has 3 aromatic rings. The van der Waals surface area contributed by atoms with Gasteiger partial charge in [-0.05, 0) is 35.2 Å². The highest BCUT2D eigenvalue weighted by Gasteiger charge is 2.24. The molecule has 7 nitrogen and oxygen atoms in total. The highest BCUT2D eigenvalue weighted by atomic mass is 35.5. The Morgan fingerprint density at radius 3 is 2.40 bits per heavy atom. The molecule has 2 aromatic carbocycles. The van der Waals surface area contributed by atoms with Crippen LogP contribution in [-0.4, -0.2) is 39.4 Å². The van der Waals surface area contributed by atoms with Gasteiger partial charge in [0.1, 0.15) is 0 Å². The fourth-order valence-corrected chi connectivity index (χ4v) is 3.29. The molecule has 1 heterocycles. The molecule has 0 aliphatic carbocycles. The van der Waals surface area contributed by atoms with E-state index in [9.17, 15) is 14.7 Å². The zero-order valence-electron chi connectivity index (χ0n) is 15.6. The molecule has 156 valence electrons. The molecular formula is C21H18Cl2N2O5. The van der Waals surface area contributed by atoms with Crippen molar-refractivity contribution in [2.24, 2.45) is 0 Å². The van der Waals surface area contributed by atoms with Gasteiger partial charge in [-0.3, -0.25) is 4.79 Å². The zero-order chi connectivity index (χ0) is 21.7. The van der Waals surface area contributed by atoms with E-state index in [1.807, 2.05) is 42.5 Å². The van der Waals surface area contributed by atoms with Gasteiger partial charge in [-0.25, -0.2) is 4.79 Å². The van der Waals surface area contributed by atoms with E-state index in [0.29, 0.717) is 11.4 Å². The number of nitrogens with zero attached hydrogens (tertiary/aromatic N) is 1. The molecule has 0 radical (unpaired) electrons. The van der Waals surface area contributed by atoms with Gasteiger partial charge in [-0.1, -0.05) is 64.8 Å². The summed E-state index contributed by atoms with van der Waals surface area (Å²) in [5, 5.41) is 25.5. The number of halogens is 2. The molecule has 0 bridgehead atoms. The van der Waals surface area contributed by atoms with Gasteiger partial charge in [0.2, 0.25) is 5.76 Å². The van der Waals surface area contributed by atoms with Crippen molar-refractivity contribution in [3.8, 4) is 11.1 Å². The van der Waals surface area contributed by atoms with Gasteiger partial charge in [-0.15, -0.1) is 0 Å². The number of aliphatic carboxylic acids is 1. The Labute approximate surface area is 182 Å². The normalized spacial score (nSPS) is 12.9. The zero-order valence-corrected chi connectivity index (χ0v) is 17.1. The van der Waals surface area contributed by atoms with Crippen LogP contribution in [0, 0.1) is 0 Å². The van der Waals surface area contributed by atoms with Crippen LogP contribution < -0.4 is 5.32 Å². The lowest BCUT2D eigenvalue weighted by atomic mass is 9.97. The Kier molecular flexibility index (Phi) is 7.10. The number of carbonyl (C=O) groups excluding carboxylic acids is 1. The topological polar surface area (TPSA) is 113 Å². The number of aliphatic hydroxyl groups is 1. The first-order chi connectivity index (χ1) is 14.3. The van der Waals surface area contributed by atoms with Crippen molar-refractivity contribution >= 4 is 35.1 Å². The highest BCUT2D eigenvalue weighted by molar-refractivity contribution is 6.30. The van der Waals surface area contributed by atoms with Gasteiger partial charge in [-0.2, -0.15) is 0 Å². The number of amides is 1. The lowest BCUT2D eigenvalue weighted by Crippen LogP contribution is -2.40. The minimum atomic E-state index is -1.63. The van der Waals surface area contributed by atoms with Crippen molar-refractivity contribution in [1.82, 2.24) is 10.5 Å². The molecule has 3 rings (SSSR count). The first kappa shape index (κ1) is 21.8. The van der Waals surface area contributed by atoms with Gasteiger partial charge in [0.05, 0.1) is 0 Å². The van der Waals surface area contributed by atoms with Crippen molar-refractivity contribution in [3.05, 3.63) is 76.1 Å². The molecule has 0 fully saturated rings. The number of aliphatic hydroxyl groups excluding tert-OH is 1. The molecule has 1 aromatic heterocycles. The SMILES string of the molecule is O=C(NC(Cc1ccc(-c2cccc(Cl)c2)cc1)C[C@@H](O)C(=O)O)c1cc(Cl)no1. The maximum atomic E-state index is 12.3. The summed E-state index contributed by atoms with van der Waals surface area (Å²) < 4.78 is 4.82. The van der Waals surface area contributed by atoms with Crippen LogP contribution in [0.1, 0.15) is 22.5 Å². The summed E-state index contributed by atoms with van der Waals surface area (Å²) in [5.74, 6) is -2.08. The number of carboxylic acid groups (broad SMARTS) is 1. The molecule has 0 aliphatic heterocycles. The van der Waals surface area contributed by atoms with E-state index in [-0.39, 0.29) is 17.3 Å². The molecule has 1 unspecified atom stereocenters. The number of nitrogens with one attached hydrogen (secondary N) is 1. The Morgan fingerprint density at radius 1 is 1.07 bits per heavy atom. The van der Waals surface area contributed by atoms with Crippen LogP contribution in [0.15, 0.2) is 59.1 Å². The fraction of sp³-hybridized carbons (Fsp3) is 0.190. The Morgan fingerprint density at radius 2 is 1.80 bits per heavy atom. The van der Waals surface area contributed by atoms with Crippen molar-refractivity contribution in [1.29, 1.82) is 0 Å². The molecule has 3 N–H and O–H groups in total. The first-order valence-corrected chi connectivity index (χ1v) is 9.76. The van der Waals surface area contributed by atoms with Crippen molar-refractivity contribution in [2.75, 3.05) is 0 Å². The molecule has 2 atom stereocenters. The summed E-state index contributed by atoms with van der Waals surface area (Å²) in [4.78, 5) is 23.4. The summed E-state index contributed by atoms with van der Waals surface area (Å²) in [5.41, 5.74) is 2.77. The van der Waals surface area contributed by atoms with Crippen LogP contribution in [0.3, 0.4) is 0 Å². The maximum Gasteiger partial charge on any atom is 0.332 e. The average Bonchev–Trinajstić information content (AvgIpc) is 3.15. The van der Waals surface area contributed by atoms with Gasteiger partial charge in [0.25, 0.3) is 5.91 Å². The second-order valence-electron chi connectivity index (χ2n) is 6.69. The number of carbonyl (C=O) groups is 2. The van der Waals surface area contributed by atoms with Gasteiger partial charge >= 0.3 is 5.97 Å². The molecule has 0 spiro atoms. The minimum absolute atomic E-state index is 0.0267. The maximum absolute atomic E-state index is 12.3. The number of aromatic nitrogens is 1. The quantitative estimate of drug-likeness (QED) is 0.482. The molecule has 0 saturated heterocycles. The van der Waals surface area contributed by atoms with E-state index in [1.54, 1.807) is 6.07 Å². The molecule has 1 amide bonds. The Hall–Kier alpha value is -2.87. The molecule has 0 saturated carbocycles. The second kappa shape index (κ2) is 9.75. The predicted molar refractivity (Wildman–Crippen MR) is 112 cm³/mol. The largest absolute Gasteiger partial charge is 0.479 e. The summed E-state index contributed by atoms with van der Waals surface area (Å²) >= 11 is 11.7. The third-order valence-corrected chi connectivity index (χ3v) is 4.84. The highest BCUT2D eigenvalue weighted by Crippen LogP contribution is 2.23. The van der Waals surface area contributed by atoms with E-state index < -0.39 is 24.0 Å². The summed E-state index contributed by atoms with van der Waals surface area (Å²) in [7, 11) is 0. The van der Waals surface area contributed by atoms with Gasteiger partial charge in [0.15, 0.2) is 11.3 Å². The monoisotopic (exact) mass is 448 g/mol. The number of hydrogen-bond donors (Lipinski definition) is 3. The van der Waals surface area contributed by atoms with E-state index in [2.05, 4.69) is 10.5 Å². The number of rotatable bonds is 8. The van der Waals surface area contributed by atoms with Gasteiger partial charge in [0, 0.05) is 23.6 Å². The van der Waals surface area contributed by atoms with Gasteiger partial charge < -0.3 is 20.1 Å². The third kappa shape index (κ3) is 5.82. The van der Waals surface area contributed by atoms with Crippen molar-refractivity contribution < 1.29 is 24.3 Å². The van der Waals surface area contributed by atoms with Crippen LogP contribution in [-0.2, 0) is 11.2 Å². The smallest absolute Gasteiger partial charge is 0.332 e. The van der Waals surface area contributed by atoms with E-state index in [4.69, 9.17) is 32.8 Å². The second-order valence-corrected chi connectivity index (χ2v) is 7.51. The lowest BCUT2D eigenvalue weighted by molar-refractivity contribution is -0.147. The van der Waals surface area contributed by atoms with E-state index in [1.165, 1.54) is 6.07 Å². The molecule has 9 heteroatoms. The van der Waals surface area contributed by atoms with Crippen molar-refractivity contribution in [3.63, 3.8) is 0 Å². The molecule has 0 aliphatic rings. The number of carboxylic acids is 1. The van der Waals surface area contributed by atoms with Crippen LogP contribution in [0.2, 0.25) is 10.2 Å². The predicted octanol–water partition coefficient (Wildman–Crippen LogP) is 3.83. The minimum Gasteiger partial charge on any atom is -0.479 e. The van der Waals surface area contributed by atoms with Crippen LogP contribution >= 0.6 is 23.2 Å². The summed E-state index contributed by atoms with van der Waals surface area (Å²) in [6, 6.07) is 15.6. The average molecular weight is 449 g/mol. The van der Waals surface area contributed by atoms with E-state index in [0.717, 1.165) is 16.7 Å². The number of hydrogen-bond acceptors (Lipinski definition) is 5. The van der Waals surface area contributed by atoms with Crippen molar-refractivity contribution in [2.45, 2.75) is 25.0 Å². The Bertz CT molecular complexity index is 1040.